The lowest BCUT2D eigenvalue weighted by atomic mass is 10.1. The molecule has 2 heterocycles. The van der Waals surface area contributed by atoms with Crippen molar-refractivity contribution in [2.75, 3.05) is 23.9 Å². The molecule has 1 atom stereocenters. The molecule has 1 aliphatic heterocycles. The Hall–Kier alpha value is -4.13. The minimum Gasteiger partial charge on any atom is -0.497 e. The fourth-order valence-corrected chi connectivity index (χ4v) is 4.03. The predicted molar refractivity (Wildman–Crippen MR) is 123 cm³/mol. The third kappa shape index (κ3) is 3.69. The van der Waals surface area contributed by atoms with Crippen LogP contribution in [0.3, 0.4) is 0 Å². The molecule has 1 saturated heterocycles. The SMILES string of the molecule is COc1cccc(N2CC(C(=O)Nc3ccc(-n4cnc5ccccc54)cc3)CC2=O)c1. The number of aromatic nitrogens is 2. The summed E-state index contributed by atoms with van der Waals surface area (Å²) in [7, 11) is 1.59. The van der Waals surface area contributed by atoms with Crippen LogP contribution in [0.1, 0.15) is 6.42 Å². The maximum Gasteiger partial charge on any atom is 0.229 e. The Kier molecular flexibility index (Phi) is 5.07. The maximum absolute atomic E-state index is 12.8. The lowest BCUT2D eigenvalue weighted by molar-refractivity contribution is -0.122. The van der Waals surface area contributed by atoms with Crippen molar-refractivity contribution in [2.24, 2.45) is 5.92 Å². The number of methoxy groups -OCH3 is 1. The van der Waals surface area contributed by atoms with Crippen LogP contribution in [-0.2, 0) is 9.59 Å². The Labute approximate surface area is 185 Å². The van der Waals surface area contributed by atoms with Crippen LogP contribution in [0, 0.1) is 5.92 Å². The highest BCUT2D eigenvalue weighted by Gasteiger charge is 2.35. The summed E-state index contributed by atoms with van der Waals surface area (Å²) in [5.74, 6) is 0.0326. The number of carbonyl (C=O) groups excluding carboxylic acids is 2. The van der Waals surface area contributed by atoms with E-state index in [1.54, 1.807) is 24.4 Å². The van der Waals surface area contributed by atoms with Crippen LogP contribution in [-0.4, -0.2) is 35.0 Å². The van der Waals surface area contributed by atoms with Gasteiger partial charge in [-0.05, 0) is 48.5 Å². The van der Waals surface area contributed by atoms with E-state index in [0.717, 1.165) is 22.4 Å². The lowest BCUT2D eigenvalue weighted by Crippen LogP contribution is -2.28. The largest absolute Gasteiger partial charge is 0.497 e. The summed E-state index contributed by atoms with van der Waals surface area (Å²) in [5.41, 5.74) is 4.33. The number of hydrogen-bond acceptors (Lipinski definition) is 4. The van der Waals surface area contributed by atoms with Gasteiger partial charge in [0.15, 0.2) is 0 Å². The summed E-state index contributed by atoms with van der Waals surface area (Å²) < 4.78 is 7.24. The fraction of sp³-hybridized carbons (Fsp3) is 0.160. The van der Waals surface area contributed by atoms with E-state index in [0.29, 0.717) is 18.0 Å². The second-order valence-electron chi connectivity index (χ2n) is 7.75. The van der Waals surface area contributed by atoms with Crippen molar-refractivity contribution in [3.63, 3.8) is 0 Å². The molecule has 5 rings (SSSR count). The smallest absolute Gasteiger partial charge is 0.229 e. The van der Waals surface area contributed by atoms with Crippen molar-refractivity contribution < 1.29 is 14.3 Å². The van der Waals surface area contributed by atoms with Gasteiger partial charge in [-0.3, -0.25) is 14.2 Å². The monoisotopic (exact) mass is 426 g/mol. The number of amides is 2. The number of carbonyl (C=O) groups is 2. The van der Waals surface area contributed by atoms with Crippen molar-refractivity contribution in [3.05, 3.63) is 79.1 Å². The van der Waals surface area contributed by atoms with Gasteiger partial charge in [-0.2, -0.15) is 0 Å². The number of benzene rings is 3. The van der Waals surface area contributed by atoms with Crippen LogP contribution < -0.4 is 15.0 Å². The maximum atomic E-state index is 12.8. The van der Waals surface area contributed by atoms with Crippen LogP contribution in [0.4, 0.5) is 11.4 Å². The molecule has 0 spiro atoms. The van der Waals surface area contributed by atoms with Crippen molar-refractivity contribution in [3.8, 4) is 11.4 Å². The van der Waals surface area contributed by atoms with Gasteiger partial charge in [0.05, 0.1) is 24.1 Å². The summed E-state index contributed by atoms with van der Waals surface area (Å²) in [6.45, 7) is 0.344. The van der Waals surface area contributed by atoms with E-state index < -0.39 is 5.92 Å². The molecule has 1 N–H and O–H groups in total. The molecule has 0 saturated carbocycles. The van der Waals surface area contributed by atoms with Gasteiger partial charge in [0, 0.05) is 36.1 Å². The molecule has 32 heavy (non-hydrogen) atoms. The summed E-state index contributed by atoms with van der Waals surface area (Å²) in [5, 5.41) is 2.94. The standard InChI is InChI=1S/C25H22N4O3/c1-32-21-6-4-5-20(14-21)28-15-17(13-24(28)30)25(31)27-18-9-11-19(12-10-18)29-16-26-22-7-2-3-8-23(22)29/h2-12,14,16-17H,13,15H2,1H3,(H,27,31). The van der Waals surface area contributed by atoms with Gasteiger partial charge in [-0.15, -0.1) is 0 Å². The molecule has 0 bridgehead atoms. The number of hydrogen-bond donors (Lipinski definition) is 1. The summed E-state index contributed by atoms with van der Waals surface area (Å²) in [4.78, 5) is 31.4. The number of fused-ring (bicyclic) bond motifs is 1. The molecule has 1 aromatic heterocycles. The van der Waals surface area contributed by atoms with E-state index in [4.69, 9.17) is 4.74 Å². The highest BCUT2D eigenvalue weighted by molar-refractivity contribution is 6.03. The third-order valence-electron chi connectivity index (χ3n) is 5.73. The summed E-state index contributed by atoms with van der Waals surface area (Å²) >= 11 is 0. The van der Waals surface area contributed by atoms with Gasteiger partial charge in [-0.25, -0.2) is 4.98 Å². The van der Waals surface area contributed by atoms with Crippen LogP contribution >= 0.6 is 0 Å². The van der Waals surface area contributed by atoms with E-state index in [1.165, 1.54) is 0 Å². The van der Waals surface area contributed by atoms with Gasteiger partial charge in [0.2, 0.25) is 11.8 Å². The van der Waals surface area contributed by atoms with Gasteiger partial charge < -0.3 is 15.0 Å². The van der Waals surface area contributed by atoms with Crippen LogP contribution in [0.5, 0.6) is 5.75 Å². The summed E-state index contributed by atoms with van der Waals surface area (Å²) in [6, 6.07) is 22.8. The van der Waals surface area contributed by atoms with E-state index in [9.17, 15) is 9.59 Å². The Morgan fingerprint density at radius 1 is 1.03 bits per heavy atom. The molecule has 0 aliphatic carbocycles. The van der Waals surface area contributed by atoms with Crippen LogP contribution in [0.15, 0.2) is 79.1 Å². The first-order valence-corrected chi connectivity index (χ1v) is 10.4. The molecule has 3 aromatic carbocycles. The molecule has 160 valence electrons. The Morgan fingerprint density at radius 2 is 1.84 bits per heavy atom. The van der Waals surface area contributed by atoms with Crippen molar-refractivity contribution in [1.82, 2.24) is 9.55 Å². The first-order chi connectivity index (χ1) is 15.6. The molecule has 1 unspecified atom stereocenters. The lowest BCUT2D eigenvalue weighted by Gasteiger charge is -2.17. The molecule has 0 radical (unpaired) electrons. The van der Waals surface area contributed by atoms with E-state index in [2.05, 4.69) is 10.3 Å². The van der Waals surface area contributed by atoms with Gasteiger partial charge >= 0.3 is 0 Å². The highest BCUT2D eigenvalue weighted by Crippen LogP contribution is 2.29. The minimum absolute atomic E-state index is 0.0688. The second-order valence-corrected chi connectivity index (χ2v) is 7.75. The molecule has 1 fully saturated rings. The Bertz CT molecular complexity index is 1300. The average molecular weight is 426 g/mol. The van der Waals surface area contributed by atoms with Crippen LogP contribution in [0.2, 0.25) is 0 Å². The number of imidazole rings is 1. The van der Waals surface area contributed by atoms with Gasteiger partial charge in [0.1, 0.15) is 12.1 Å². The van der Waals surface area contributed by atoms with Crippen molar-refractivity contribution >= 4 is 34.2 Å². The zero-order chi connectivity index (χ0) is 22.1. The first kappa shape index (κ1) is 19.8. The van der Waals surface area contributed by atoms with E-state index in [1.807, 2.05) is 71.3 Å². The third-order valence-corrected chi connectivity index (χ3v) is 5.73. The molecule has 2 amide bonds. The zero-order valence-electron chi connectivity index (χ0n) is 17.6. The predicted octanol–water partition coefficient (Wildman–Crippen LogP) is 4.03. The molecular weight excluding hydrogens is 404 g/mol. The molecule has 1 aliphatic rings. The highest BCUT2D eigenvalue weighted by atomic mass is 16.5. The average Bonchev–Trinajstić information content (AvgIpc) is 3.43. The minimum atomic E-state index is -0.411. The normalized spacial score (nSPS) is 15.8. The van der Waals surface area contributed by atoms with E-state index >= 15 is 0 Å². The molecular formula is C25H22N4O3. The Balaban J connectivity index is 1.27. The second kappa shape index (κ2) is 8.19. The zero-order valence-corrected chi connectivity index (χ0v) is 17.6. The number of rotatable bonds is 5. The molecule has 7 heteroatoms. The quantitative estimate of drug-likeness (QED) is 0.523. The molecule has 4 aromatic rings. The number of para-hydroxylation sites is 2. The van der Waals surface area contributed by atoms with E-state index in [-0.39, 0.29) is 18.2 Å². The summed E-state index contributed by atoms with van der Waals surface area (Å²) in [6.07, 6.45) is 1.97. The number of nitrogens with zero attached hydrogens (tertiary/aromatic N) is 3. The first-order valence-electron chi connectivity index (χ1n) is 10.4. The van der Waals surface area contributed by atoms with Crippen LogP contribution in [0.25, 0.3) is 16.7 Å². The van der Waals surface area contributed by atoms with Gasteiger partial charge in [-0.1, -0.05) is 18.2 Å². The topological polar surface area (TPSA) is 76.5 Å². The Morgan fingerprint density at radius 3 is 2.66 bits per heavy atom. The van der Waals surface area contributed by atoms with Gasteiger partial charge in [0.25, 0.3) is 0 Å². The molecule has 7 nitrogen and oxygen atoms in total. The number of anilines is 2. The van der Waals surface area contributed by atoms with Crippen molar-refractivity contribution in [1.29, 1.82) is 0 Å². The number of nitrogens with one attached hydrogen (secondary N) is 1. The fourth-order valence-electron chi connectivity index (χ4n) is 4.03. The van der Waals surface area contributed by atoms with Crippen molar-refractivity contribution in [2.45, 2.75) is 6.42 Å². The number of ether oxygens (including phenoxy) is 1.